The van der Waals surface area contributed by atoms with Crippen molar-refractivity contribution < 1.29 is 0 Å². The third-order valence-electron chi connectivity index (χ3n) is 5.61. The molecule has 0 spiro atoms. The Balaban J connectivity index is -0.00000289. The van der Waals surface area contributed by atoms with E-state index in [9.17, 15) is 0 Å². The van der Waals surface area contributed by atoms with Crippen LogP contribution in [0.25, 0.3) is 0 Å². The summed E-state index contributed by atoms with van der Waals surface area (Å²) in [5.41, 5.74) is 2.56. The van der Waals surface area contributed by atoms with Crippen molar-refractivity contribution in [2.24, 2.45) is 0 Å². The second kappa shape index (κ2) is 29.0. The highest BCUT2D eigenvalue weighted by Crippen LogP contribution is 2.10. The molecule has 0 aliphatic heterocycles. The van der Waals surface area contributed by atoms with Crippen LogP contribution in [-0.4, -0.2) is 39.3 Å². The van der Waals surface area contributed by atoms with Gasteiger partial charge in [-0.1, -0.05) is 66.7 Å². The molecule has 10 heteroatoms. The van der Waals surface area contributed by atoms with E-state index in [0.717, 1.165) is 75.2 Å². The van der Waals surface area contributed by atoms with Gasteiger partial charge in [-0.2, -0.15) is 0 Å². The van der Waals surface area contributed by atoms with E-state index in [1.165, 1.54) is 43.2 Å². The van der Waals surface area contributed by atoms with E-state index in [1.54, 1.807) is 0 Å². The third-order valence-corrected chi connectivity index (χ3v) is 6.11. The Bertz CT molecular complexity index is 658. The topological polar surface area (TPSA) is 48.1 Å². The van der Waals surface area contributed by atoms with E-state index in [2.05, 4.69) is 45.5 Å². The molecule has 0 aromatic heterocycles. The molecule has 2 aromatic rings. The minimum atomic E-state index is 0. The lowest BCUT2D eigenvalue weighted by molar-refractivity contribution is 0.537. The average molecular weight is 639 g/mol. The first-order chi connectivity index (χ1) is 16.2. The number of benzene rings is 2. The summed E-state index contributed by atoms with van der Waals surface area (Å²) in [4.78, 5) is 0. The van der Waals surface area contributed by atoms with Gasteiger partial charge in [-0.3, -0.25) is 0 Å². The van der Waals surface area contributed by atoms with Crippen LogP contribution in [-0.2, 0) is 13.1 Å². The molecule has 0 amide bonds. The van der Waals surface area contributed by atoms with Gasteiger partial charge in [0.05, 0.1) is 0 Å². The van der Waals surface area contributed by atoms with Crippen LogP contribution in [0.1, 0.15) is 56.1 Å². The van der Waals surface area contributed by atoms with Gasteiger partial charge in [0.2, 0.25) is 0 Å². The summed E-state index contributed by atoms with van der Waals surface area (Å²) in [6.07, 6.45) is 8.89. The van der Waals surface area contributed by atoms with Crippen molar-refractivity contribution in [3.63, 3.8) is 0 Å². The highest BCUT2D eigenvalue weighted by molar-refractivity contribution is 6.30. The van der Waals surface area contributed by atoms with Gasteiger partial charge in [-0.25, -0.2) is 0 Å². The number of hydrogen-bond acceptors (Lipinski definition) is 4. The van der Waals surface area contributed by atoms with E-state index in [4.69, 9.17) is 23.2 Å². The van der Waals surface area contributed by atoms with Gasteiger partial charge in [0, 0.05) is 23.1 Å². The number of nitrogens with one attached hydrogen (secondary N) is 4. The molecule has 216 valence electrons. The Morgan fingerprint density at radius 1 is 0.378 bits per heavy atom. The van der Waals surface area contributed by atoms with Crippen LogP contribution in [0.2, 0.25) is 10.0 Å². The van der Waals surface area contributed by atoms with Gasteiger partial charge in [-0.15, -0.1) is 49.6 Å². The molecule has 37 heavy (non-hydrogen) atoms. The molecule has 0 saturated carbocycles. The second-order valence-corrected chi connectivity index (χ2v) is 9.45. The lowest BCUT2D eigenvalue weighted by atomic mass is 10.1. The van der Waals surface area contributed by atoms with Crippen LogP contribution < -0.4 is 21.3 Å². The van der Waals surface area contributed by atoms with Gasteiger partial charge in [0.1, 0.15) is 0 Å². The molecule has 4 nitrogen and oxygen atoms in total. The predicted octanol–water partition coefficient (Wildman–Crippen LogP) is 7.47. The van der Waals surface area contributed by atoms with Crippen molar-refractivity contribution >= 4 is 72.8 Å². The fourth-order valence-corrected chi connectivity index (χ4v) is 3.88. The fraction of sp³-hybridized carbons (Fsp3) is 0.556. The third kappa shape index (κ3) is 23.6. The van der Waals surface area contributed by atoms with Gasteiger partial charge < -0.3 is 21.3 Å². The van der Waals surface area contributed by atoms with Crippen LogP contribution in [0.3, 0.4) is 0 Å². The summed E-state index contributed by atoms with van der Waals surface area (Å²) in [6.45, 7) is 8.36. The SMILES string of the molecule is Cl.Cl.Cl.Cl.Clc1ccc(CNCCCNCCCCCCCNCCCNCc2ccc(Cl)cc2)cc1. The molecule has 0 unspecified atom stereocenters. The zero-order valence-corrected chi connectivity index (χ0v) is 26.4. The molecule has 0 saturated heterocycles. The Labute approximate surface area is 259 Å². The van der Waals surface area contributed by atoms with Crippen molar-refractivity contribution in [1.82, 2.24) is 21.3 Å². The van der Waals surface area contributed by atoms with E-state index < -0.39 is 0 Å². The molecule has 2 aromatic carbocycles. The molecule has 0 bridgehead atoms. The minimum absolute atomic E-state index is 0. The van der Waals surface area contributed by atoms with E-state index >= 15 is 0 Å². The van der Waals surface area contributed by atoms with Crippen molar-refractivity contribution in [3.8, 4) is 0 Å². The van der Waals surface area contributed by atoms with Crippen LogP contribution in [0.5, 0.6) is 0 Å². The molecule has 2 rings (SSSR count). The average Bonchev–Trinajstić information content (AvgIpc) is 2.83. The van der Waals surface area contributed by atoms with Gasteiger partial charge in [0.15, 0.2) is 0 Å². The normalized spacial score (nSPS) is 10.0. The van der Waals surface area contributed by atoms with Gasteiger partial charge in [0.25, 0.3) is 0 Å². The Morgan fingerprint density at radius 2 is 0.676 bits per heavy atom. The van der Waals surface area contributed by atoms with Crippen LogP contribution in [0.15, 0.2) is 48.5 Å². The summed E-state index contributed by atoms with van der Waals surface area (Å²) in [5.74, 6) is 0. The van der Waals surface area contributed by atoms with Crippen LogP contribution in [0.4, 0.5) is 0 Å². The molecular weight excluding hydrogens is 593 g/mol. The maximum atomic E-state index is 5.91. The van der Waals surface area contributed by atoms with Crippen molar-refractivity contribution in [2.45, 2.75) is 58.0 Å². The van der Waals surface area contributed by atoms with E-state index in [0.29, 0.717) is 0 Å². The maximum absolute atomic E-state index is 5.91. The van der Waals surface area contributed by atoms with Crippen LogP contribution >= 0.6 is 72.8 Å². The van der Waals surface area contributed by atoms with E-state index in [1.807, 2.05) is 24.3 Å². The van der Waals surface area contributed by atoms with Crippen molar-refractivity contribution in [1.29, 1.82) is 0 Å². The number of hydrogen-bond donors (Lipinski definition) is 4. The first kappa shape index (κ1) is 41.5. The van der Waals surface area contributed by atoms with Gasteiger partial charge in [-0.05, 0) is 100 Å². The smallest absolute Gasteiger partial charge is 0.0406 e. The Kier molecular flexibility index (Phi) is 32.5. The lowest BCUT2D eigenvalue weighted by Crippen LogP contribution is -2.22. The number of rotatable bonds is 20. The van der Waals surface area contributed by atoms with Crippen molar-refractivity contribution in [2.75, 3.05) is 39.3 Å². The molecule has 0 radical (unpaired) electrons. The van der Waals surface area contributed by atoms with E-state index in [-0.39, 0.29) is 49.6 Å². The summed E-state index contributed by atoms with van der Waals surface area (Å²) in [6, 6.07) is 16.1. The summed E-state index contributed by atoms with van der Waals surface area (Å²) in [5, 5.41) is 15.7. The highest BCUT2D eigenvalue weighted by Gasteiger charge is 1.96. The largest absolute Gasteiger partial charge is 0.317 e. The zero-order chi connectivity index (χ0) is 23.4. The number of halogens is 6. The Hall–Kier alpha value is 0.0200. The molecule has 0 atom stereocenters. The second-order valence-electron chi connectivity index (χ2n) is 8.58. The van der Waals surface area contributed by atoms with Gasteiger partial charge >= 0.3 is 0 Å². The Morgan fingerprint density at radius 3 is 1.05 bits per heavy atom. The summed E-state index contributed by atoms with van der Waals surface area (Å²) in [7, 11) is 0. The first-order valence-corrected chi connectivity index (χ1v) is 13.3. The molecular formula is C27H46Cl6N4. The monoisotopic (exact) mass is 636 g/mol. The molecule has 0 aliphatic rings. The lowest BCUT2D eigenvalue weighted by Gasteiger charge is -2.08. The first-order valence-electron chi connectivity index (χ1n) is 12.6. The highest BCUT2D eigenvalue weighted by atomic mass is 35.5. The molecule has 0 heterocycles. The minimum Gasteiger partial charge on any atom is -0.317 e. The zero-order valence-electron chi connectivity index (χ0n) is 21.6. The summed E-state index contributed by atoms with van der Waals surface area (Å²) >= 11 is 11.8. The molecule has 4 N–H and O–H groups in total. The van der Waals surface area contributed by atoms with Crippen LogP contribution in [0, 0.1) is 0 Å². The number of unbranched alkanes of at least 4 members (excludes halogenated alkanes) is 4. The summed E-state index contributed by atoms with van der Waals surface area (Å²) < 4.78 is 0. The molecule has 0 aliphatic carbocycles. The fourth-order valence-electron chi connectivity index (χ4n) is 3.63. The molecule has 0 fully saturated rings. The maximum Gasteiger partial charge on any atom is 0.0406 e. The quantitative estimate of drug-likeness (QED) is 0.114. The van der Waals surface area contributed by atoms with Crippen molar-refractivity contribution in [3.05, 3.63) is 69.7 Å². The standard InChI is InChI=1S/C27H42Cl2N4.4ClH/c28-26-12-8-24(9-13-26)22-32-20-6-18-30-16-4-2-1-3-5-17-31-19-7-21-33-23-25-10-14-27(29)15-11-25;;;;/h8-15,30-33H,1-7,16-23H2;4*1H. The predicted molar refractivity (Wildman–Crippen MR) is 173 cm³/mol.